The van der Waals surface area contributed by atoms with E-state index in [2.05, 4.69) is 28.9 Å². The van der Waals surface area contributed by atoms with Crippen LogP contribution in [0, 0.1) is 0 Å². The van der Waals surface area contributed by atoms with Gasteiger partial charge in [-0.2, -0.15) is 0 Å². The fourth-order valence-corrected chi connectivity index (χ4v) is 1.95. The van der Waals surface area contributed by atoms with Crippen molar-refractivity contribution < 1.29 is 9.53 Å². The molecule has 0 saturated heterocycles. The zero-order valence-electron chi connectivity index (χ0n) is 10.2. The first-order chi connectivity index (χ1) is 8.11. The third-order valence-electron chi connectivity index (χ3n) is 2.25. The fourth-order valence-electron chi connectivity index (χ4n) is 1.53. The van der Waals surface area contributed by atoms with E-state index in [1.807, 2.05) is 24.3 Å². The van der Waals surface area contributed by atoms with Crippen molar-refractivity contribution in [2.24, 2.45) is 0 Å². The van der Waals surface area contributed by atoms with Gasteiger partial charge in [0.05, 0.1) is 0 Å². The molecule has 0 unspecified atom stereocenters. The number of benzene rings is 1. The van der Waals surface area contributed by atoms with Crippen LogP contribution >= 0.6 is 15.9 Å². The van der Waals surface area contributed by atoms with Gasteiger partial charge in [-0.1, -0.05) is 47.5 Å². The van der Waals surface area contributed by atoms with E-state index < -0.39 is 0 Å². The summed E-state index contributed by atoms with van der Waals surface area (Å²) in [5.41, 5.74) is 2.26. The molecule has 92 valence electrons. The molecule has 0 aromatic heterocycles. The first-order valence-electron chi connectivity index (χ1n) is 5.70. The molecule has 0 bridgehead atoms. The highest BCUT2D eigenvalue weighted by Gasteiger charge is 2.00. The van der Waals surface area contributed by atoms with Crippen LogP contribution in [0.15, 0.2) is 34.3 Å². The van der Waals surface area contributed by atoms with Crippen LogP contribution in [0.25, 0.3) is 6.08 Å². The van der Waals surface area contributed by atoms with Gasteiger partial charge >= 0.3 is 5.97 Å². The van der Waals surface area contributed by atoms with Crippen LogP contribution in [0.3, 0.4) is 0 Å². The SMILES string of the molecule is CCCC(=Cc1cccc(Br)c1)COC(C)=O. The molecule has 0 spiro atoms. The lowest BCUT2D eigenvalue weighted by Gasteiger charge is -2.07. The molecule has 3 heteroatoms. The number of carbonyl (C=O) groups excluding carboxylic acids is 1. The zero-order valence-corrected chi connectivity index (χ0v) is 11.8. The third kappa shape index (κ3) is 5.68. The summed E-state index contributed by atoms with van der Waals surface area (Å²) >= 11 is 3.44. The largest absolute Gasteiger partial charge is 0.461 e. The second-order valence-electron chi connectivity index (χ2n) is 3.89. The second-order valence-corrected chi connectivity index (χ2v) is 4.80. The van der Waals surface area contributed by atoms with Crippen LogP contribution in [0.4, 0.5) is 0 Å². The summed E-state index contributed by atoms with van der Waals surface area (Å²) in [6.45, 7) is 3.93. The van der Waals surface area contributed by atoms with Crippen LogP contribution in [0.2, 0.25) is 0 Å². The van der Waals surface area contributed by atoms with Crippen molar-refractivity contribution in [2.75, 3.05) is 6.61 Å². The molecule has 0 N–H and O–H groups in total. The van der Waals surface area contributed by atoms with Crippen molar-refractivity contribution in [3.05, 3.63) is 39.9 Å². The van der Waals surface area contributed by atoms with Crippen molar-refractivity contribution in [2.45, 2.75) is 26.7 Å². The van der Waals surface area contributed by atoms with E-state index in [0.717, 1.165) is 28.5 Å². The number of rotatable bonds is 5. The standard InChI is InChI=1S/C14H17BrO2/c1-3-5-13(10-17-11(2)16)8-12-6-4-7-14(15)9-12/h4,6-9H,3,5,10H2,1-2H3. The highest BCUT2D eigenvalue weighted by Crippen LogP contribution is 2.16. The van der Waals surface area contributed by atoms with Gasteiger partial charge in [0.1, 0.15) is 6.61 Å². The van der Waals surface area contributed by atoms with Gasteiger partial charge in [-0.25, -0.2) is 0 Å². The molecule has 0 aliphatic rings. The number of hydrogen-bond donors (Lipinski definition) is 0. The van der Waals surface area contributed by atoms with Crippen LogP contribution < -0.4 is 0 Å². The van der Waals surface area contributed by atoms with Gasteiger partial charge in [0.15, 0.2) is 0 Å². The van der Waals surface area contributed by atoms with Crippen LogP contribution in [-0.2, 0) is 9.53 Å². The normalized spacial score (nSPS) is 11.4. The average molecular weight is 297 g/mol. The minimum absolute atomic E-state index is 0.235. The maximum Gasteiger partial charge on any atom is 0.302 e. The van der Waals surface area contributed by atoms with E-state index in [4.69, 9.17) is 4.74 Å². The van der Waals surface area contributed by atoms with E-state index in [-0.39, 0.29) is 5.97 Å². The molecular weight excluding hydrogens is 280 g/mol. The molecule has 1 rings (SSSR count). The number of carbonyl (C=O) groups is 1. The minimum Gasteiger partial charge on any atom is -0.461 e. The predicted molar refractivity (Wildman–Crippen MR) is 73.7 cm³/mol. The summed E-state index contributed by atoms with van der Waals surface area (Å²) in [4.78, 5) is 10.8. The molecule has 0 fully saturated rings. The summed E-state index contributed by atoms with van der Waals surface area (Å²) < 4.78 is 6.09. The second kappa shape index (κ2) is 7.28. The van der Waals surface area contributed by atoms with Crippen molar-refractivity contribution in [1.29, 1.82) is 0 Å². The third-order valence-corrected chi connectivity index (χ3v) is 2.74. The highest BCUT2D eigenvalue weighted by molar-refractivity contribution is 9.10. The quantitative estimate of drug-likeness (QED) is 0.761. The Morgan fingerprint density at radius 1 is 1.47 bits per heavy atom. The summed E-state index contributed by atoms with van der Waals surface area (Å²) in [6, 6.07) is 8.06. The molecule has 17 heavy (non-hydrogen) atoms. The Kier molecular flexibility index (Phi) is 5.98. The molecule has 0 amide bonds. The molecule has 0 atom stereocenters. The Hall–Kier alpha value is -1.09. The number of halogens is 1. The van der Waals surface area contributed by atoms with E-state index in [9.17, 15) is 4.79 Å². The molecule has 0 radical (unpaired) electrons. The first-order valence-corrected chi connectivity index (χ1v) is 6.49. The van der Waals surface area contributed by atoms with Crippen molar-refractivity contribution in [3.63, 3.8) is 0 Å². The summed E-state index contributed by atoms with van der Waals surface area (Å²) in [7, 11) is 0. The first kappa shape index (κ1) is 14.0. The van der Waals surface area contributed by atoms with Crippen molar-refractivity contribution >= 4 is 28.0 Å². The summed E-state index contributed by atoms with van der Waals surface area (Å²) in [6.07, 6.45) is 4.07. The maximum atomic E-state index is 10.8. The molecule has 0 aliphatic carbocycles. The lowest BCUT2D eigenvalue weighted by Crippen LogP contribution is -2.03. The van der Waals surface area contributed by atoms with E-state index >= 15 is 0 Å². The molecule has 1 aromatic rings. The van der Waals surface area contributed by atoms with Gasteiger partial charge in [-0.15, -0.1) is 0 Å². The van der Waals surface area contributed by atoms with Gasteiger partial charge in [0.25, 0.3) is 0 Å². The van der Waals surface area contributed by atoms with E-state index in [1.54, 1.807) is 0 Å². The summed E-state index contributed by atoms with van der Waals surface area (Å²) in [5, 5.41) is 0. The maximum absolute atomic E-state index is 10.8. The van der Waals surface area contributed by atoms with Crippen molar-refractivity contribution in [3.8, 4) is 0 Å². The Labute approximate surface area is 111 Å². The van der Waals surface area contributed by atoms with Gasteiger partial charge in [0.2, 0.25) is 0 Å². The highest BCUT2D eigenvalue weighted by atomic mass is 79.9. The van der Waals surface area contributed by atoms with Gasteiger partial charge < -0.3 is 4.74 Å². The Morgan fingerprint density at radius 2 is 2.24 bits per heavy atom. The van der Waals surface area contributed by atoms with Gasteiger partial charge in [-0.3, -0.25) is 4.79 Å². The van der Waals surface area contributed by atoms with Gasteiger partial charge in [-0.05, 0) is 29.7 Å². The smallest absolute Gasteiger partial charge is 0.302 e. The fraction of sp³-hybridized carbons (Fsp3) is 0.357. The molecule has 1 aromatic carbocycles. The number of ether oxygens (including phenoxy) is 1. The predicted octanol–water partition coefficient (Wildman–Crippen LogP) is 4.20. The molecule has 0 heterocycles. The minimum atomic E-state index is -0.235. The molecule has 0 saturated carbocycles. The van der Waals surface area contributed by atoms with Crippen LogP contribution in [0.1, 0.15) is 32.3 Å². The number of hydrogen-bond acceptors (Lipinski definition) is 2. The van der Waals surface area contributed by atoms with E-state index in [0.29, 0.717) is 6.61 Å². The molecular formula is C14H17BrO2. The topological polar surface area (TPSA) is 26.3 Å². The molecule has 0 aliphatic heterocycles. The van der Waals surface area contributed by atoms with Gasteiger partial charge in [0, 0.05) is 11.4 Å². The molecule has 2 nitrogen and oxygen atoms in total. The summed E-state index contributed by atoms with van der Waals surface area (Å²) in [5.74, 6) is -0.235. The Balaban J connectivity index is 2.78. The lowest BCUT2D eigenvalue weighted by molar-refractivity contribution is -0.140. The number of esters is 1. The monoisotopic (exact) mass is 296 g/mol. The van der Waals surface area contributed by atoms with Crippen molar-refractivity contribution in [1.82, 2.24) is 0 Å². The average Bonchev–Trinajstić information content (AvgIpc) is 2.26. The Morgan fingerprint density at radius 3 is 2.82 bits per heavy atom. The zero-order chi connectivity index (χ0) is 12.7. The lowest BCUT2D eigenvalue weighted by atomic mass is 10.1. The Bertz CT molecular complexity index is 410. The van der Waals surface area contributed by atoms with E-state index in [1.165, 1.54) is 6.92 Å². The van der Waals surface area contributed by atoms with Crippen LogP contribution in [-0.4, -0.2) is 12.6 Å². The van der Waals surface area contributed by atoms with Crippen LogP contribution in [0.5, 0.6) is 0 Å².